The number of aryl methyl sites for hydroxylation is 5. The lowest BCUT2D eigenvalue weighted by molar-refractivity contribution is -0.131. The highest BCUT2D eigenvalue weighted by Gasteiger charge is 2.39. The number of hydrogen-bond acceptors (Lipinski definition) is 20. The summed E-state index contributed by atoms with van der Waals surface area (Å²) in [6, 6.07) is -12.8. The lowest BCUT2D eigenvalue weighted by atomic mass is 9.92. The highest BCUT2D eigenvalue weighted by Crippen LogP contribution is 2.36. The molecule has 0 unspecified atom stereocenters. The number of likely N-dealkylation sites (N-methyl/N-ethyl adjacent to an activating group) is 5. The van der Waals surface area contributed by atoms with Crippen LogP contribution in [0.1, 0.15) is 165 Å². The molecular weight excluding hydrogens is 1520 g/mol. The standard InChI is InChI=1S/5C17H22N6O/c5*1-11-5-6-23(15(24)8-18-3)9-14(11)22(4)17-13-7-12(2)21-16(13)19-10-20-17/h5*7,10-11,14H,5-6,8-9H2,1-2,4H3,(H,19,20,21)/t5*11-,14+/m11111/s1/i1D3,4D3,7D,8D2,10D,11D,14D;4D3,7D,8D2,10D,11D,14D;1D3,4D3,7D,8D2,10D,14D;1D3,4D3,7D,8D2,10D,11D;4D3,7D,8D2,10D,14D. The molecule has 630 valence electrons. The number of carbonyl (C=O) groups excluding carboxylic acids is 5. The third kappa shape index (κ3) is 20.2. The Kier molecular flexibility index (Phi) is 14.0. The molecule has 5 aliphatic heterocycles. The van der Waals surface area contributed by atoms with E-state index < -0.39 is 297 Å². The molecule has 120 heavy (non-hydrogen) atoms. The van der Waals surface area contributed by atoms with Crippen LogP contribution in [-0.4, -0.2) is 292 Å². The summed E-state index contributed by atoms with van der Waals surface area (Å²) in [6.45, 7) is 0.332. The molecule has 0 spiro atoms. The first kappa shape index (κ1) is 42.5. The minimum atomic E-state index is -3.38. The molecule has 5 saturated heterocycles. The first-order valence-corrected chi connectivity index (χ1v) is 36.1. The topological polar surface area (TPSA) is 347 Å². The van der Waals surface area contributed by atoms with Gasteiger partial charge < -0.3 is 98.1 Å². The van der Waals surface area contributed by atoms with Crippen LogP contribution < -0.4 is 24.5 Å². The molecule has 0 radical (unpaired) electrons. The van der Waals surface area contributed by atoms with Crippen molar-refractivity contribution < 1.29 is 93.9 Å². The van der Waals surface area contributed by atoms with E-state index in [-0.39, 0.29) is 146 Å². The highest BCUT2D eigenvalue weighted by molar-refractivity contribution is 5.92. The number of piperidine rings is 5. The number of hydrogen-bond donors (Lipinski definition) is 5. The van der Waals surface area contributed by atoms with Crippen molar-refractivity contribution in [2.45, 2.75) is 131 Å². The fraction of sp³-hybridized carbons (Fsp3) is 0.529. The van der Waals surface area contributed by atoms with Gasteiger partial charge in [-0.3, -0.25) is 24.0 Å². The molecule has 35 heteroatoms. The second kappa shape index (κ2) is 39.4. The number of aromatic nitrogens is 15. The number of aromatic amines is 5. The van der Waals surface area contributed by atoms with Crippen LogP contribution in [0.2, 0.25) is 0 Å². The molecule has 15 heterocycles. The fourth-order valence-corrected chi connectivity index (χ4v) is 13.1. The summed E-state index contributed by atoms with van der Waals surface area (Å²) in [6.07, 6.45) is -4.79. The largest absolute Gasteiger partial charge is 0.354 e. The average Bonchev–Trinajstić information content (AvgIpc) is 1.68. The number of rotatable bonds is 15. The lowest BCUT2D eigenvalue weighted by Crippen LogP contribution is -2.53. The first-order valence-electron chi connectivity index (χ1n) is 61.6. The monoisotopic (exact) mass is 1680 g/mol. The van der Waals surface area contributed by atoms with Crippen molar-refractivity contribution in [3.63, 3.8) is 0 Å². The molecule has 5 amide bonds. The number of nitrogens with one attached hydrogen (secondary N) is 5. The van der Waals surface area contributed by atoms with Crippen molar-refractivity contribution in [2.75, 3.05) is 157 Å². The van der Waals surface area contributed by atoms with Gasteiger partial charge in [-0.1, -0.05) is 34.4 Å². The summed E-state index contributed by atoms with van der Waals surface area (Å²) in [4.78, 5) is 136. The minimum Gasteiger partial charge on any atom is -0.354 e. The Morgan fingerprint density at radius 2 is 0.633 bits per heavy atom. The normalized spacial score (nSPS) is 32.8. The second-order valence-corrected chi connectivity index (χ2v) is 27.2. The molecular formula is C85H110N30O5. The van der Waals surface area contributed by atoms with Gasteiger partial charge >= 0.3 is 29.5 Å². The lowest BCUT2D eigenvalue weighted by Gasteiger charge is -2.41. The Morgan fingerprint density at radius 1 is 0.375 bits per heavy atom. The maximum absolute atomic E-state index is 12.7. The predicted molar refractivity (Wildman–Crippen MR) is 463 cm³/mol. The Morgan fingerprint density at radius 3 is 0.942 bits per heavy atom. The smallest absolute Gasteiger partial charge is 0.302 e. The summed E-state index contributed by atoms with van der Waals surface area (Å²) in [5, 5.41) is -0.512. The van der Waals surface area contributed by atoms with Crippen LogP contribution in [0, 0.1) is 97.0 Å². The number of anilines is 5. The van der Waals surface area contributed by atoms with E-state index in [2.05, 4.69) is 99.0 Å². The molecule has 10 atom stereocenters. The molecule has 15 rings (SSSR count). The number of nitrogens with zero attached hydrogens (tertiary/aromatic N) is 25. The number of H-pyrrole nitrogens is 5. The number of amides is 5. The van der Waals surface area contributed by atoms with Crippen LogP contribution in [0.25, 0.3) is 79.4 Å². The number of carbonyl (C=O) groups is 5. The molecule has 5 N–H and O–H groups in total. The van der Waals surface area contributed by atoms with Gasteiger partial charge in [-0.05, 0) is 126 Å². The summed E-state index contributed by atoms with van der Waals surface area (Å²) < 4.78 is 415. The van der Waals surface area contributed by atoms with Gasteiger partial charge in [0.2, 0.25) is 0 Å². The van der Waals surface area contributed by atoms with E-state index in [1.807, 2.05) is 0 Å². The van der Waals surface area contributed by atoms with E-state index >= 15 is 0 Å². The molecule has 5 fully saturated rings. The van der Waals surface area contributed by atoms with Crippen molar-refractivity contribution in [3.8, 4) is 0 Å². The van der Waals surface area contributed by atoms with Gasteiger partial charge in [0.25, 0.3) is 32.5 Å². The Balaban J connectivity index is 0.000000200. The van der Waals surface area contributed by atoms with Gasteiger partial charge in [0.1, 0.15) is 109 Å². The summed E-state index contributed by atoms with van der Waals surface area (Å²) in [5.41, 5.74) is 1.37. The van der Waals surface area contributed by atoms with E-state index in [1.54, 1.807) is 20.8 Å². The maximum atomic E-state index is 12.7. The van der Waals surface area contributed by atoms with Gasteiger partial charge in [-0.2, -0.15) is 0 Å². The Hall–Kier alpha value is -13.1. The number of fused-ring (bicyclic) bond motifs is 5. The quantitative estimate of drug-likeness (QED) is 0.0597. The van der Waals surface area contributed by atoms with Crippen molar-refractivity contribution in [2.24, 2.45) is 29.5 Å². The zero-order valence-electron chi connectivity index (χ0n) is 116. The van der Waals surface area contributed by atoms with E-state index in [4.69, 9.17) is 98.7 Å². The van der Waals surface area contributed by atoms with Gasteiger partial charge in [0.05, 0.1) is 69.4 Å². The van der Waals surface area contributed by atoms with Crippen molar-refractivity contribution in [1.29, 1.82) is 0 Å². The van der Waals surface area contributed by atoms with E-state index in [0.29, 0.717) is 35.9 Å². The zero-order valence-corrected chi connectivity index (χ0v) is 65.1. The summed E-state index contributed by atoms with van der Waals surface area (Å²) >= 11 is 0. The molecule has 0 bridgehead atoms. The molecule has 35 nitrogen and oxygen atoms in total. The van der Waals surface area contributed by atoms with Crippen molar-refractivity contribution in [1.82, 2.24) is 99.3 Å². The van der Waals surface area contributed by atoms with Crippen LogP contribution >= 0.6 is 0 Å². The van der Waals surface area contributed by atoms with Gasteiger partial charge in [-0.15, -0.1) is 0 Å². The van der Waals surface area contributed by atoms with Crippen molar-refractivity contribution >= 4 is 114 Å². The molecule has 0 aliphatic carbocycles. The second-order valence-electron chi connectivity index (χ2n) is 27.2. The fourth-order valence-electron chi connectivity index (χ4n) is 13.1. The predicted octanol–water partition coefficient (Wildman–Crippen LogP) is 9.29. The van der Waals surface area contributed by atoms with Gasteiger partial charge in [0.15, 0.2) is 0 Å². The maximum Gasteiger partial charge on any atom is 0.302 e. The molecule has 10 aromatic heterocycles. The number of likely N-dealkylation sites (tertiary alicyclic amines) is 5. The van der Waals surface area contributed by atoms with Crippen LogP contribution in [0.3, 0.4) is 0 Å². The van der Waals surface area contributed by atoms with E-state index in [0.717, 1.165) is 19.6 Å². The first-order chi connectivity index (χ1) is 77.5. The van der Waals surface area contributed by atoms with E-state index in [1.165, 1.54) is 27.7 Å². The molecule has 0 aromatic carbocycles. The summed E-state index contributed by atoms with van der Waals surface area (Å²) in [5.74, 6) is -18.2. The van der Waals surface area contributed by atoms with Crippen LogP contribution in [0.15, 0.2) is 61.7 Å². The minimum absolute atomic E-state index is 0.0186. The highest BCUT2D eigenvalue weighted by atomic mass is 16.2. The van der Waals surface area contributed by atoms with Crippen LogP contribution in [0.4, 0.5) is 29.1 Å². The Bertz CT molecular complexity index is 8050. The van der Waals surface area contributed by atoms with Crippen LogP contribution in [0.5, 0.6) is 0 Å². The summed E-state index contributed by atoms with van der Waals surface area (Å²) in [7, 11) is 0. The third-order valence-electron chi connectivity index (χ3n) is 19.2. The Labute approximate surface area is 771 Å². The third-order valence-corrected chi connectivity index (χ3v) is 19.2. The molecule has 5 aliphatic rings. The zero-order chi connectivity index (χ0) is 130. The molecule has 0 saturated carbocycles. The van der Waals surface area contributed by atoms with E-state index in [9.17, 15) is 28.1 Å². The van der Waals surface area contributed by atoms with Crippen LogP contribution in [-0.2, 0) is 24.0 Å². The average molecular weight is 1680 g/mol. The SMILES string of the molecule is [2H]c1nc(N(C([2H])([2H])[2H])[C@@]2([2H])CN(C(=O)C([2H])([2H])[N+]#[C-])CC[C@@]2([2H])C([2H])([2H])[2H])c2c([2H])c(C)[nH]c2n1.[2H]c1nc(N(C([2H])([2H])[2H])[C@@]2([2H])CN(C(=O)C([2H])([2H])[N+]#[C-])CC[C@@]2([2H])C)c2c([2H])c(C)[nH]c2n1.[2H]c1nc(N(C([2H])([2H])[2H])[C@@]2([2H])CN(C(=O)C([2H])([2H])[N+]#[C-])CC[C@H]2C([2H])([2H])[2H])c2c([2H])c(C)[nH]c2n1.[2H]c1nc(N(C([2H])([2H])[2H])[C@@]2([2H])CN(C(=O)C([2H])([2H])[N+]#[C-])CC[C@H]2C)c2c([2H])c(C)[nH]c2n1.[2H]c1nc(N([C@H]2CN(C(=O)C([2H])([2H])[N+]#[C-])CC[C@@]2([2H])C([2H])([2H])[2H])C([2H])([2H])[2H])c2c([2H])c(C)[nH]c2n1. The van der Waals surface area contributed by atoms with Gasteiger partial charge in [-0.25, -0.2) is 82.7 Å². The van der Waals surface area contributed by atoms with Crippen molar-refractivity contribution in [3.05, 3.63) is 147 Å². The molecule has 10 aromatic rings. The van der Waals surface area contributed by atoms with Gasteiger partial charge in [0, 0.05) is 166 Å².